The van der Waals surface area contributed by atoms with Crippen LogP contribution in [0.1, 0.15) is 17.9 Å². The van der Waals surface area contributed by atoms with Crippen LogP contribution in [0.15, 0.2) is 36.4 Å². The smallest absolute Gasteiger partial charge is 0.359 e. The van der Waals surface area contributed by atoms with Gasteiger partial charge in [0.1, 0.15) is 3.70 Å². The third-order valence-corrected chi connectivity index (χ3v) is 4.50. The number of aromatic nitrogens is 4. The fourth-order valence-corrected chi connectivity index (χ4v) is 2.94. The molecule has 0 aliphatic carbocycles. The van der Waals surface area contributed by atoms with Crippen molar-refractivity contribution < 1.29 is 9.53 Å². The number of hydrogen-bond acceptors (Lipinski definition) is 4. The average Bonchev–Trinajstić information content (AvgIpc) is 3.30. The molecule has 0 atom stereocenters. The van der Waals surface area contributed by atoms with Gasteiger partial charge >= 0.3 is 5.97 Å². The summed E-state index contributed by atoms with van der Waals surface area (Å²) in [6, 6.07) is 10.4. The first-order valence-electron chi connectivity index (χ1n) is 7.52. The minimum Gasteiger partial charge on any atom is -0.464 e. The Labute approximate surface area is 174 Å². The Bertz CT molecular complexity index is 1230. The second-order valence-corrected chi connectivity index (χ2v) is 6.34. The van der Waals surface area contributed by atoms with Gasteiger partial charge in [-0.2, -0.15) is 10.2 Å². The van der Waals surface area contributed by atoms with E-state index in [9.17, 15) is 4.79 Å². The van der Waals surface area contributed by atoms with Crippen LogP contribution in [0.4, 0.5) is 11.4 Å². The molecule has 2 heterocycles. The quantitative estimate of drug-likeness (QED) is 0.218. The number of methoxy groups -OCH3 is 1. The van der Waals surface area contributed by atoms with E-state index in [-0.39, 0.29) is 13.1 Å². The number of carbonyl (C=O) groups is 1. The summed E-state index contributed by atoms with van der Waals surface area (Å²) in [6.07, 6.45) is 0. The number of fused-ring (bicyclic) bond motifs is 2. The average molecular weight is 486 g/mol. The Balaban J connectivity index is 0.000000198. The highest BCUT2D eigenvalue weighted by atomic mass is 127. The SMILES string of the molecule is C.[C-]#[N+]c1ccc2c(C(=O)OC)n[nH]c2c1.[C-]#[N+]c1ccc2c(I)[nH]nc2c1. The molecule has 0 unspecified atom stereocenters. The summed E-state index contributed by atoms with van der Waals surface area (Å²) >= 11 is 2.18. The molecule has 9 heteroatoms. The van der Waals surface area contributed by atoms with E-state index < -0.39 is 5.97 Å². The predicted molar refractivity (Wildman–Crippen MR) is 115 cm³/mol. The highest BCUT2D eigenvalue weighted by Gasteiger charge is 2.14. The Morgan fingerprint density at radius 3 is 2.32 bits per heavy atom. The molecule has 8 nitrogen and oxygen atoms in total. The maximum absolute atomic E-state index is 11.3. The third kappa shape index (κ3) is 4.10. The summed E-state index contributed by atoms with van der Waals surface area (Å²) < 4.78 is 5.59. The second-order valence-electron chi connectivity index (χ2n) is 5.26. The van der Waals surface area contributed by atoms with Gasteiger partial charge in [-0.05, 0) is 34.7 Å². The van der Waals surface area contributed by atoms with Gasteiger partial charge in [0, 0.05) is 10.8 Å². The number of aromatic amines is 2. The number of carbonyl (C=O) groups excluding carboxylic acids is 1. The van der Waals surface area contributed by atoms with Gasteiger partial charge < -0.3 is 4.74 Å². The minimum absolute atomic E-state index is 0. The molecule has 2 aromatic carbocycles. The molecule has 0 bridgehead atoms. The number of benzene rings is 2. The Hall–Kier alpha value is -3.44. The zero-order chi connectivity index (χ0) is 19.4. The molecule has 140 valence electrons. The van der Waals surface area contributed by atoms with Crippen molar-refractivity contribution in [3.05, 3.63) is 68.6 Å². The van der Waals surface area contributed by atoms with Crippen LogP contribution in [0, 0.1) is 16.8 Å². The Morgan fingerprint density at radius 2 is 1.68 bits per heavy atom. The molecule has 0 radical (unpaired) electrons. The number of rotatable bonds is 1. The van der Waals surface area contributed by atoms with Crippen LogP contribution >= 0.6 is 22.6 Å². The Morgan fingerprint density at radius 1 is 1.04 bits per heavy atom. The number of halogens is 1. The lowest BCUT2D eigenvalue weighted by Crippen LogP contribution is -2.01. The monoisotopic (exact) mass is 486 g/mol. The standard InChI is InChI=1S/C10H7N3O2.C8H4IN3.CH4/c1-11-6-3-4-7-8(5-6)12-13-9(7)10(14)15-2;1-10-5-2-3-6-7(4-5)11-12-8(6)9;/h3-5H,2H3,(H,12,13);2-4H,(H,11,12);1H4. The largest absolute Gasteiger partial charge is 0.464 e. The van der Waals surface area contributed by atoms with E-state index in [2.05, 4.69) is 57.4 Å². The van der Waals surface area contributed by atoms with E-state index in [1.807, 2.05) is 6.07 Å². The van der Waals surface area contributed by atoms with Crippen LogP contribution in [0.25, 0.3) is 31.5 Å². The highest BCUT2D eigenvalue weighted by molar-refractivity contribution is 14.1. The first-order valence-corrected chi connectivity index (χ1v) is 8.60. The fraction of sp³-hybridized carbons (Fsp3) is 0.105. The molecule has 0 saturated heterocycles. The zero-order valence-corrected chi connectivity index (χ0v) is 16.1. The van der Waals surface area contributed by atoms with Crippen molar-refractivity contribution in [2.24, 2.45) is 0 Å². The molecule has 0 saturated carbocycles. The molecular weight excluding hydrogens is 471 g/mol. The molecule has 0 amide bonds. The van der Waals surface area contributed by atoms with Gasteiger partial charge in [0.05, 0.1) is 31.3 Å². The van der Waals surface area contributed by atoms with Crippen molar-refractivity contribution in [3.63, 3.8) is 0 Å². The number of nitrogens with zero attached hydrogens (tertiary/aromatic N) is 4. The van der Waals surface area contributed by atoms with Crippen molar-refractivity contribution in [1.29, 1.82) is 0 Å². The molecule has 2 N–H and O–H groups in total. The van der Waals surface area contributed by atoms with Crippen molar-refractivity contribution in [2.75, 3.05) is 7.11 Å². The summed E-state index contributed by atoms with van der Waals surface area (Å²) in [5.74, 6) is -0.489. The topological polar surface area (TPSA) is 92.4 Å². The lowest BCUT2D eigenvalue weighted by atomic mass is 10.2. The van der Waals surface area contributed by atoms with Gasteiger partial charge in [-0.25, -0.2) is 14.5 Å². The highest BCUT2D eigenvalue weighted by Crippen LogP contribution is 2.23. The molecule has 0 fully saturated rings. The van der Waals surface area contributed by atoms with Crippen LogP contribution < -0.4 is 0 Å². The van der Waals surface area contributed by atoms with Crippen LogP contribution in [0.5, 0.6) is 0 Å². The van der Waals surface area contributed by atoms with Crippen LogP contribution in [-0.4, -0.2) is 33.5 Å². The normalized spacial score (nSPS) is 9.57. The van der Waals surface area contributed by atoms with Gasteiger partial charge in [-0.1, -0.05) is 31.7 Å². The molecule has 2 aromatic heterocycles. The van der Waals surface area contributed by atoms with Crippen LogP contribution in [0.3, 0.4) is 0 Å². The van der Waals surface area contributed by atoms with E-state index >= 15 is 0 Å². The lowest BCUT2D eigenvalue weighted by Gasteiger charge is -1.94. The van der Waals surface area contributed by atoms with Crippen LogP contribution in [-0.2, 0) is 4.74 Å². The number of ether oxygens (including phenoxy) is 1. The van der Waals surface area contributed by atoms with Gasteiger partial charge in [-0.3, -0.25) is 10.2 Å². The van der Waals surface area contributed by atoms with E-state index in [0.29, 0.717) is 22.3 Å². The molecule has 28 heavy (non-hydrogen) atoms. The fourth-order valence-electron chi connectivity index (χ4n) is 2.37. The molecule has 4 rings (SSSR count). The first-order chi connectivity index (χ1) is 13.1. The lowest BCUT2D eigenvalue weighted by molar-refractivity contribution is 0.0596. The second kappa shape index (κ2) is 8.97. The molecule has 4 aromatic rings. The van der Waals surface area contributed by atoms with Crippen LogP contribution in [0.2, 0.25) is 0 Å². The van der Waals surface area contributed by atoms with Gasteiger partial charge in [0.2, 0.25) is 0 Å². The molecule has 0 spiro atoms. The van der Waals surface area contributed by atoms with E-state index in [1.165, 1.54) is 7.11 Å². The zero-order valence-electron chi connectivity index (χ0n) is 13.9. The van der Waals surface area contributed by atoms with Crippen molar-refractivity contribution >= 4 is 61.7 Å². The summed E-state index contributed by atoms with van der Waals surface area (Å²) in [5.41, 5.74) is 2.88. The maximum atomic E-state index is 11.3. The van der Waals surface area contributed by atoms with E-state index in [4.69, 9.17) is 13.1 Å². The van der Waals surface area contributed by atoms with Gasteiger partial charge in [0.25, 0.3) is 0 Å². The van der Waals surface area contributed by atoms with E-state index in [0.717, 1.165) is 14.6 Å². The van der Waals surface area contributed by atoms with Crippen molar-refractivity contribution in [3.8, 4) is 0 Å². The summed E-state index contributed by atoms with van der Waals surface area (Å²) in [7, 11) is 1.30. The number of esters is 1. The minimum atomic E-state index is -0.489. The van der Waals surface area contributed by atoms with Crippen molar-refractivity contribution in [2.45, 2.75) is 7.43 Å². The predicted octanol–water partition coefficient (Wildman–Crippen LogP) is 5.25. The Kier molecular flexibility index (Phi) is 6.69. The van der Waals surface area contributed by atoms with Gasteiger partial charge in [-0.15, -0.1) is 0 Å². The van der Waals surface area contributed by atoms with E-state index in [1.54, 1.807) is 30.3 Å². The molecule has 0 aliphatic rings. The maximum Gasteiger partial charge on any atom is 0.359 e. The summed E-state index contributed by atoms with van der Waals surface area (Å²) in [4.78, 5) is 17.9. The third-order valence-electron chi connectivity index (χ3n) is 3.68. The van der Waals surface area contributed by atoms with Gasteiger partial charge in [0.15, 0.2) is 17.1 Å². The summed E-state index contributed by atoms with van der Waals surface area (Å²) in [6.45, 7) is 13.7. The molecule has 0 aliphatic heterocycles. The number of H-pyrrole nitrogens is 2. The molecular formula is C19H15IN6O2. The number of nitrogens with one attached hydrogen (secondary N) is 2. The number of hydrogen-bond donors (Lipinski definition) is 2. The van der Waals surface area contributed by atoms with Crippen molar-refractivity contribution in [1.82, 2.24) is 20.4 Å². The summed E-state index contributed by atoms with van der Waals surface area (Å²) in [5, 5.41) is 15.2. The first kappa shape index (κ1) is 20.9.